The Bertz CT molecular complexity index is 245. The molecule has 1 aliphatic heterocycles. The van der Waals surface area contributed by atoms with Crippen molar-refractivity contribution >= 4 is 0 Å². The van der Waals surface area contributed by atoms with Gasteiger partial charge in [0.05, 0.1) is 19.3 Å². The predicted molar refractivity (Wildman–Crippen MR) is 42.8 cm³/mol. The molecule has 1 saturated heterocycles. The van der Waals surface area contributed by atoms with E-state index in [1.807, 2.05) is 6.92 Å². The summed E-state index contributed by atoms with van der Waals surface area (Å²) in [4.78, 5) is 0. The first kappa shape index (κ1) is 8.58. The third-order valence-corrected chi connectivity index (χ3v) is 2.04. The summed E-state index contributed by atoms with van der Waals surface area (Å²) in [5, 5.41) is 10.9. The second-order valence-electron chi connectivity index (χ2n) is 3.05. The molecule has 2 heterocycles. The minimum absolute atomic E-state index is 0.0980. The molecule has 0 aliphatic carbocycles. The van der Waals surface area contributed by atoms with Crippen LogP contribution in [-0.4, -0.2) is 39.7 Å². The summed E-state index contributed by atoms with van der Waals surface area (Å²) >= 11 is 0. The van der Waals surface area contributed by atoms with Crippen molar-refractivity contribution in [3.8, 4) is 0 Å². The average molecular weight is 184 g/mol. The van der Waals surface area contributed by atoms with Crippen LogP contribution < -0.4 is 0 Å². The van der Waals surface area contributed by atoms with Crippen molar-refractivity contribution < 1.29 is 9.47 Å². The molecule has 1 aromatic heterocycles. The molecule has 0 bridgehead atoms. The molecule has 6 heteroatoms. The minimum Gasteiger partial charge on any atom is -0.350 e. The van der Waals surface area contributed by atoms with E-state index in [0.29, 0.717) is 13.2 Å². The lowest BCUT2D eigenvalue weighted by atomic mass is 10.2. The highest BCUT2D eigenvalue weighted by Gasteiger charge is 2.20. The maximum atomic E-state index is 5.32. The third kappa shape index (κ3) is 2.02. The zero-order chi connectivity index (χ0) is 9.10. The van der Waals surface area contributed by atoms with Crippen LogP contribution in [0.3, 0.4) is 0 Å². The highest BCUT2D eigenvalue weighted by molar-refractivity contribution is 4.64. The molecule has 0 radical (unpaired) electrons. The highest BCUT2D eigenvalue weighted by atomic mass is 16.7. The molecule has 0 saturated carbocycles. The number of hydrogen-bond acceptors (Lipinski definition) is 5. The number of nitrogens with zero attached hydrogens (tertiary/aromatic N) is 4. The van der Waals surface area contributed by atoms with Crippen molar-refractivity contribution in [1.82, 2.24) is 20.2 Å². The third-order valence-electron chi connectivity index (χ3n) is 2.04. The molecule has 1 fully saturated rings. The van der Waals surface area contributed by atoms with E-state index in [9.17, 15) is 0 Å². The van der Waals surface area contributed by atoms with Crippen LogP contribution in [0.15, 0.2) is 6.33 Å². The van der Waals surface area contributed by atoms with E-state index in [-0.39, 0.29) is 12.3 Å². The molecule has 1 atom stereocenters. The van der Waals surface area contributed by atoms with E-state index < -0.39 is 0 Å². The van der Waals surface area contributed by atoms with Gasteiger partial charge in [0, 0.05) is 6.42 Å². The van der Waals surface area contributed by atoms with Crippen LogP contribution in [0.5, 0.6) is 0 Å². The Morgan fingerprint density at radius 3 is 2.92 bits per heavy atom. The number of aromatic nitrogens is 4. The fourth-order valence-corrected chi connectivity index (χ4v) is 1.30. The normalized spacial score (nSPS) is 20.7. The van der Waals surface area contributed by atoms with E-state index in [4.69, 9.17) is 9.47 Å². The Kier molecular flexibility index (Phi) is 2.51. The number of hydrogen-bond donors (Lipinski definition) is 0. The van der Waals surface area contributed by atoms with E-state index >= 15 is 0 Å². The van der Waals surface area contributed by atoms with Crippen molar-refractivity contribution in [3.63, 3.8) is 0 Å². The molecule has 0 aromatic carbocycles. The van der Waals surface area contributed by atoms with Crippen molar-refractivity contribution in [3.05, 3.63) is 6.33 Å². The fourth-order valence-electron chi connectivity index (χ4n) is 1.30. The molecule has 13 heavy (non-hydrogen) atoms. The Morgan fingerprint density at radius 2 is 2.31 bits per heavy atom. The lowest BCUT2D eigenvalue weighted by Gasteiger charge is -2.14. The predicted octanol–water partition coefficient (Wildman–Crippen LogP) is -0.00290. The average Bonchev–Trinajstić information content (AvgIpc) is 2.74. The summed E-state index contributed by atoms with van der Waals surface area (Å²) in [5.41, 5.74) is 0. The number of ether oxygens (including phenoxy) is 2. The van der Waals surface area contributed by atoms with Crippen LogP contribution in [0.2, 0.25) is 0 Å². The molecule has 0 N–H and O–H groups in total. The standard InChI is InChI=1S/C7H12N4O2/c1-6(11-5-8-9-10-11)4-7-12-2-3-13-7/h5-7H,2-4H2,1H3. The quantitative estimate of drug-likeness (QED) is 0.661. The monoisotopic (exact) mass is 184 g/mol. The van der Waals surface area contributed by atoms with Crippen LogP contribution in [0, 0.1) is 0 Å². The van der Waals surface area contributed by atoms with Gasteiger partial charge in [-0.25, -0.2) is 4.68 Å². The molecular weight excluding hydrogens is 172 g/mol. The van der Waals surface area contributed by atoms with Crippen LogP contribution in [0.25, 0.3) is 0 Å². The van der Waals surface area contributed by atoms with Gasteiger partial charge >= 0.3 is 0 Å². The van der Waals surface area contributed by atoms with Crippen LogP contribution in [0.4, 0.5) is 0 Å². The first-order chi connectivity index (χ1) is 6.36. The van der Waals surface area contributed by atoms with Crippen molar-refractivity contribution in [2.24, 2.45) is 0 Å². The molecule has 72 valence electrons. The molecule has 6 nitrogen and oxygen atoms in total. The van der Waals surface area contributed by atoms with Crippen molar-refractivity contribution in [2.45, 2.75) is 25.7 Å². The maximum Gasteiger partial charge on any atom is 0.159 e. The second-order valence-corrected chi connectivity index (χ2v) is 3.05. The zero-order valence-corrected chi connectivity index (χ0v) is 7.46. The molecule has 0 amide bonds. The van der Waals surface area contributed by atoms with Gasteiger partial charge in [-0.2, -0.15) is 0 Å². The van der Waals surface area contributed by atoms with Gasteiger partial charge in [0.15, 0.2) is 6.29 Å². The van der Waals surface area contributed by atoms with Crippen molar-refractivity contribution in [2.75, 3.05) is 13.2 Å². The van der Waals surface area contributed by atoms with E-state index in [2.05, 4.69) is 15.5 Å². The summed E-state index contributed by atoms with van der Waals surface area (Å²) in [5.74, 6) is 0. The van der Waals surface area contributed by atoms with Gasteiger partial charge in [-0.15, -0.1) is 5.10 Å². The largest absolute Gasteiger partial charge is 0.350 e. The van der Waals surface area contributed by atoms with Gasteiger partial charge in [0.25, 0.3) is 0 Å². The van der Waals surface area contributed by atoms with Crippen LogP contribution in [-0.2, 0) is 9.47 Å². The Balaban J connectivity index is 1.87. The van der Waals surface area contributed by atoms with Gasteiger partial charge < -0.3 is 9.47 Å². The molecular formula is C7H12N4O2. The Morgan fingerprint density at radius 1 is 1.54 bits per heavy atom. The molecule has 2 rings (SSSR count). The zero-order valence-electron chi connectivity index (χ0n) is 7.46. The minimum atomic E-state index is -0.0980. The van der Waals surface area contributed by atoms with Crippen LogP contribution >= 0.6 is 0 Å². The summed E-state index contributed by atoms with van der Waals surface area (Å²) < 4.78 is 12.3. The Labute approximate surface area is 75.8 Å². The van der Waals surface area contributed by atoms with Crippen LogP contribution in [0.1, 0.15) is 19.4 Å². The fraction of sp³-hybridized carbons (Fsp3) is 0.857. The lowest BCUT2D eigenvalue weighted by Crippen LogP contribution is -2.16. The van der Waals surface area contributed by atoms with E-state index in [1.54, 1.807) is 11.0 Å². The molecule has 1 aromatic rings. The summed E-state index contributed by atoms with van der Waals surface area (Å²) in [7, 11) is 0. The smallest absolute Gasteiger partial charge is 0.159 e. The van der Waals surface area contributed by atoms with Gasteiger partial charge in [-0.1, -0.05) is 0 Å². The second kappa shape index (κ2) is 3.80. The molecule has 1 unspecified atom stereocenters. The van der Waals surface area contributed by atoms with Gasteiger partial charge in [-0.3, -0.25) is 0 Å². The maximum absolute atomic E-state index is 5.32. The first-order valence-corrected chi connectivity index (χ1v) is 4.32. The van der Waals surface area contributed by atoms with Gasteiger partial charge in [0.1, 0.15) is 6.33 Å². The highest BCUT2D eigenvalue weighted by Crippen LogP contribution is 2.16. The molecule has 0 spiro atoms. The Hall–Kier alpha value is -1.01. The lowest BCUT2D eigenvalue weighted by molar-refractivity contribution is -0.0550. The number of rotatable bonds is 3. The first-order valence-electron chi connectivity index (χ1n) is 4.32. The SMILES string of the molecule is CC(CC1OCCO1)n1cnnn1. The summed E-state index contributed by atoms with van der Waals surface area (Å²) in [6.45, 7) is 3.40. The van der Waals surface area contributed by atoms with E-state index in [1.165, 1.54) is 0 Å². The summed E-state index contributed by atoms with van der Waals surface area (Å²) in [6, 6.07) is 0.207. The van der Waals surface area contributed by atoms with E-state index in [0.717, 1.165) is 6.42 Å². The summed E-state index contributed by atoms with van der Waals surface area (Å²) in [6.07, 6.45) is 2.28. The van der Waals surface area contributed by atoms with Gasteiger partial charge in [0.2, 0.25) is 0 Å². The molecule has 1 aliphatic rings. The topological polar surface area (TPSA) is 62.1 Å². The number of tetrazole rings is 1. The van der Waals surface area contributed by atoms with Gasteiger partial charge in [-0.05, 0) is 17.4 Å². The van der Waals surface area contributed by atoms with Crippen molar-refractivity contribution in [1.29, 1.82) is 0 Å².